The molecular weight excluding hydrogens is 380 g/mol. The van der Waals surface area contributed by atoms with Crippen LogP contribution in [0.3, 0.4) is 0 Å². The molecule has 2 N–H and O–H groups in total. The Bertz CT molecular complexity index is 521. The van der Waals surface area contributed by atoms with Crippen molar-refractivity contribution in [2.45, 2.75) is 128 Å². The summed E-state index contributed by atoms with van der Waals surface area (Å²) >= 11 is 0. The van der Waals surface area contributed by atoms with Crippen LogP contribution in [0.1, 0.15) is 104 Å². The molecule has 0 bridgehead atoms. The molecule has 1 aromatic rings. The zero-order chi connectivity index (χ0) is 21.9. The monoisotopic (exact) mass is 426 g/mol. The lowest BCUT2D eigenvalue weighted by molar-refractivity contribution is -0.000355. The topological polar surface area (TPSA) is 62.8 Å². The summed E-state index contributed by atoms with van der Waals surface area (Å²) in [6.45, 7) is 13.8. The lowest BCUT2D eigenvalue weighted by Crippen LogP contribution is -2.43. The van der Waals surface area contributed by atoms with Crippen LogP contribution in [0.25, 0.3) is 0 Å². The number of aliphatic hydroxyl groups excluding tert-OH is 2. The SMILES string of the molecule is C[C@@H](CCCCCCCCCC[C@@H](O)[C@H](O)c1ccco1)O[Si](C)(C)C(C)(C)C. The third-order valence-electron chi connectivity index (χ3n) is 6.36. The molecule has 0 aliphatic heterocycles. The Hall–Kier alpha value is -0.623. The van der Waals surface area contributed by atoms with Crippen molar-refractivity contribution in [1.29, 1.82) is 0 Å². The summed E-state index contributed by atoms with van der Waals surface area (Å²) < 4.78 is 11.6. The van der Waals surface area contributed by atoms with Crippen LogP contribution >= 0.6 is 0 Å². The molecule has 0 aliphatic rings. The molecule has 0 aliphatic carbocycles. The van der Waals surface area contributed by atoms with Gasteiger partial charge in [0, 0.05) is 6.10 Å². The van der Waals surface area contributed by atoms with Crippen LogP contribution in [0.15, 0.2) is 22.8 Å². The van der Waals surface area contributed by atoms with E-state index in [-0.39, 0.29) is 5.04 Å². The van der Waals surface area contributed by atoms with E-state index >= 15 is 0 Å². The lowest BCUT2D eigenvalue weighted by atomic mass is 10.0. The Balaban J connectivity index is 1.97. The molecule has 0 spiro atoms. The van der Waals surface area contributed by atoms with Gasteiger partial charge in [-0.3, -0.25) is 0 Å². The van der Waals surface area contributed by atoms with Crippen molar-refractivity contribution in [2.75, 3.05) is 0 Å². The first kappa shape index (κ1) is 26.4. The van der Waals surface area contributed by atoms with Crippen molar-refractivity contribution in [3.05, 3.63) is 24.2 Å². The molecule has 0 saturated carbocycles. The lowest BCUT2D eigenvalue weighted by Gasteiger charge is -2.38. The van der Waals surface area contributed by atoms with Crippen LogP contribution < -0.4 is 0 Å². The average molecular weight is 427 g/mol. The maximum Gasteiger partial charge on any atom is 0.192 e. The van der Waals surface area contributed by atoms with Gasteiger partial charge >= 0.3 is 0 Å². The highest BCUT2D eigenvalue weighted by molar-refractivity contribution is 6.74. The fraction of sp³-hybridized carbons (Fsp3) is 0.833. The van der Waals surface area contributed by atoms with Gasteiger partial charge in [0.15, 0.2) is 8.32 Å². The van der Waals surface area contributed by atoms with Crippen LogP contribution in [0, 0.1) is 0 Å². The standard InChI is InChI=1S/C24H46O4Si/c1-20(28-29(5,6)24(2,3)4)16-13-11-9-7-8-10-12-14-17-21(25)23(26)22-18-15-19-27-22/h15,18-21,23,25-26H,7-14,16-17H2,1-6H3/t20-,21+,23-/m0/s1. The molecule has 0 saturated heterocycles. The van der Waals surface area contributed by atoms with Gasteiger partial charge in [0.2, 0.25) is 0 Å². The minimum atomic E-state index is -1.63. The molecule has 4 nitrogen and oxygen atoms in total. The van der Waals surface area contributed by atoms with Gasteiger partial charge in [-0.15, -0.1) is 0 Å². The fourth-order valence-electron chi connectivity index (χ4n) is 3.39. The van der Waals surface area contributed by atoms with E-state index in [4.69, 9.17) is 8.84 Å². The third-order valence-corrected chi connectivity index (χ3v) is 11.0. The quantitative estimate of drug-likeness (QED) is 0.234. The van der Waals surface area contributed by atoms with Crippen molar-refractivity contribution < 1.29 is 19.1 Å². The van der Waals surface area contributed by atoms with Gasteiger partial charge in [0.1, 0.15) is 11.9 Å². The molecule has 1 heterocycles. The highest BCUT2D eigenvalue weighted by Gasteiger charge is 2.38. The van der Waals surface area contributed by atoms with Gasteiger partial charge in [-0.05, 0) is 50.0 Å². The summed E-state index contributed by atoms with van der Waals surface area (Å²) in [6.07, 6.45) is 11.7. The smallest absolute Gasteiger partial charge is 0.192 e. The Labute approximate surface area is 180 Å². The van der Waals surface area contributed by atoms with E-state index in [9.17, 15) is 10.2 Å². The highest BCUT2D eigenvalue weighted by atomic mass is 28.4. The van der Waals surface area contributed by atoms with E-state index in [0.717, 1.165) is 12.8 Å². The molecular formula is C24H46O4Si. The minimum Gasteiger partial charge on any atom is -0.466 e. The van der Waals surface area contributed by atoms with Gasteiger partial charge < -0.3 is 19.1 Å². The zero-order valence-electron chi connectivity index (χ0n) is 19.7. The van der Waals surface area contributed by atoms with Crippen LogP contribution in [-0.2, 0) is 4.43 Å². The van der Waals surface area contributed by atoms with Crippen molar-refractivity contribution in [2.24, 2.45) is 0 Å². The van der Waals surface area contributed by atoms with Gasteiger partial charge in [0.25, 0.3) is 0 Å². The number of hydrogen-bond acceptors (Lipinski definition) is 4. The molecule has 0 unspecified atom stereocenters. The summed E-state index contributed by atoms with van der Waals surface area (Å²) in [4.78, 5) is 0. The van der Waals surface area contributed by atoms with E-state index < -0.39 is 20.5 Å². The number of unbranched alkanes of at least 4 members (excludes halogenated alkanes) is 7. The van der Waals surface area contributed by atoms with Crippen molar-refractivity contribution >= 4 is 8.32 Å². The largest absolute Gasteiger partial charge is 0.466 e. The van der Waals surface area contributed by atoms with Crippen molar-refractivity contribution in [3.8, 4) is 0 Å². The predicted octanol–water partition coefficient (Wildman–Crippen LogP) is 6.99. The molecule has 0 aromatic carbocycles. The maximum atomic E-state index is 10.0. The van der Waals surface area contributed by atoms with Crippen LogP contribution in [0.2, 0.25) is 18.1 Å². The maximum absolute atomic E-state index is 10.0. The number of rotatable bonds is 15. The summed E-state index contributed by atoms with van der Waals surface area (Å²) in [6, 6.07) is 3.43. The van der Waals surface area contributed by atoms with Crippen LogP contribution in [0.4, 0.5) is 0 Å². The van der Waals surface area contributed by atoms with E-state index in [1.54, 1.807) is 12.1 Å². The average Bonchev–Trinajstić information content (AvgIpc) is 3.15. The second-order valence-electron chi connectivity index (χ2n) is 10.1. The number of hydrogen-bond donors (Lipinski definition) is 2. The van der Waals surface area contributed by atoms with Crippen LogP contribution in [0.5, 0.6) is 0 Å². The first-order valence-electron chi connectivity index (χ1n) is 11.6. The highest BCUT2D eigenvalue weighted by Crippen LogP contribution is 2.37. The van der Waals surface area contributed by atoms with Crippen molar-refractivity contribution in [3.63, 3.8) is 0 Å². The molecule has 5 heteroatoms. The number of furan rings is 1. The van der Waals surface area contributed by atoms with Crippen molar-refractivity contribution in [1.82, 2.24) is 0 Å². The second kappa shape index (κ2) is 12.9. The Morgan fingerprint density at radius 2 is 1.45 bits per heavy atom. The van der Waals surface area contributed by atoms with E-state index in [0.29, 0.717) is 18.3 Å². The Morgan fingerprint density at radius 3 is 1.93 bits per heavy atom. The molecule has 0 radical (unpaired) electrons. The summed E-state index contributed by atoms with van der Waals surface area (Å²) in [5.74, 6) is 0.446. The number of aliphatic hydroxyl groups is 2. The first-order chi connectivity index (χ1) is 13.5. The fourth-order valence-corrected chi connectivity index (χ4v) is 4.87. The Morgan fingerprint density at radius 1 is 0.931 bits per heavy atom. The normalized spacial score (nSPS) is 16.0. The first-order valence-corrected chi connectivity index (χ1v) is 14.5. The molecule has 170 valence electrons. The van der Waals surface area contributed by atoms with E-state index in [1.165, 1.54) is 51.2 Å². The van der Waals surface area contributed by atoms with Gasteiger partial charge in [-0.25, -0.2) is 0 Å². The summed E-state index contributed by atoms with van der Waals surface area (Å²) in [5.41, 5.74) is 0. The van der Waals surface area contributed by atoms with Gasteiger partial charge in [-0.1, -0.05) is 72.1 Å². The Kier molecular flexibility index (Phi) is 11.8. The zero-order valence-corrected chi connectivity index (χ0v) is 20.7. The molecule has 3 atom stereocenters. The predicted molar refractivity (Wildman–Crippen MR) is 124 cm³/mol. The van der Waals surface area contributed by atoms with Gasteiger partial charge in [0.05, 0.1) is 12.4 Å². The van der Waals surface area contributed by atoms with E-state index in [1.807, 2.05) is 0 Å². The molecule has 1 rings (SSSR count). The molecule has 1 aromatic heterocycles. The molecule has 29 heavy (non-hydrogen) atoms. The third kappa shape index (κ3) is 10.3. The van der Waals surface area contributed by atoms with E-state index in [2.05, 4.69) is 40.8 Å². The molecule has 0 fully saturated rings. The second-order valence-corrected chi connectivity index (χ2v) is 14.9. The summed E-state index contributed by atoms with van der Waals surface area (Å²) in [5, 5.41) is 20.3. The van der Waals surface area contributed by atoms with Gasteiger partial charge in [-0.2, -0.15) is 0 Å². The molecule has 0 amide bonds. The minimum absolute atomic E-state index is 0.286. The van der Waals surface area contributed by atoms with Crippen LogP contribution in [-0.4, -0.2) is 30.7 Å². The summed E-state index contributed by atoms with van der Waals surface area (Å²) in [7, 11) is -1.63.